The second kappa shape index (κ2) is 11.5. The number of ether oxygens (including phenoxy) is 1. The number of amides is 3. The van der Waals surface area contributed by atoms with E-state index in [-0.39, 0.29) is 23.1 Å². The Balaban J connectivity index is 1.11. The maximum absolute atomic E-state index is 13.8. The lowest BCUT2D eigenvalue weighted by molar-refractivity contribution is -0.137. The summed E-state index contributed by atoms with van der Waals surface area (Å²) in [6.45, 7) is -0.264. The van der Waals surface area contributed by atoms with E-state index in [0.29, 0.717) is 26.9 Å². The van der Waals surface area contributed by atoms with E-state index in [4.69, 9.17) is 4.74 Å². The molecule has 13 heteroatoms. The molecule has 7 rings (SSSR count). The highest BCUT2D eigenvalue weighted by Crippen LogP contribution is 2.53. The Labute approximate surface area is 267 Å². The summed E-state index contributed by atoms with van der Waals surface area (Å²) in [6, 6.07) is 24.1. The Bertz CT molecular complexity index is 2080. The molecular formula is C33H22F3N3O5S2. The number of thiazole rings is 1. The lowest BCUT2D eigenvalue weighted by Crippen LogP contribution is -2.32. The van der Waals surface area contributed by atoms with E-state index in [0.717, 1.165) is 57.0 Å². The monoisotopic (exact) mass is 661 g/mol. The zero-order chi connectivity index (χ0) is 32.2. The van der Waals surface area contributed by atoms with E-state index in [9.17, 15) is 32.3 Å². The summed E-state index contributed by atoms with van der Waals surface area (Å²) in [7, 11) is 0. The van der Waals surface area contributed by atoms with Crippen molar-refractivity contribution in [3.63, 3.8) is 0 Å². The quantitative estimate of drug-likeness (QED) is 0.203. The van der Waals surface area contributed by atoms with E-state index < -0.39 is 40.6 Å². The normalized spacial score (nSPS) is 19.2. The summed E-state index contributed by atoms with van der Waals surface area (Å²) in [5.74, 6) is -2.98. The van der Waals surface area contributed by atoms with Crippen LogP contribution >= 0.6 is 23.1 Å². The molecule has 2 aliphatic heterocycles. The minimum absolute atomic E-state index is 0.166. The Kier molecular flexibility index (Phi) is 7.44. The molecule has 1 fully saturated rings. The van der Waals surface area contributed by atoms with Crippen LogP contribution in [-0.4, -0.2) is 34.6 Å². The van der Waals surface area contributed by atoms with Crippen molar-refractivity contribution in [2.45, 2.75) is 22.4 Å². The summed E-state index contributed by atoms with van der Waals surface area (Å²) < 4.78 is 46.0. The second-order valence-corrected chi connectivity index (χ2v) is 12.9. The second-order valence-electron chi connectivity index (χ2n) is 10.8. The van der Waals surface area contributed by atoms with Gasteiger partial charge in [-0.3, -0.25) is 19.2 Å². The van der Waals surface area contributed by atoms with Gasteiger partial charge in [0.2, 0.25) is 11.8 Å². The van der Waals surface area contributed by atoms with Gasteiger partial charge < -0.3 is 15.0 Å². The molecule has 0 saturated carbocycles. The number of halogens is 3. The predicted octanol–water partition coefficient (Wildman–Crippen LogP) is 6.42. The fourth-order valence-electron chi connectivity index (χ4n) is 5.84. The first-order valence-corrected chi connectivity index (χ1v) is 15.7. The van der Waals surface area contributed by atoms with Gasteiger partial charge in [0.15, 0.2) is 6.61 Å². The molecule has 2 aliphatic rings. The predicted molar refractivity (Wildman–Crippen MR) is 168 cm³/mol. The van der Waals surface area contributed by atoms with Crippen molar-refractivity contribution in [2.24, 2.45) is 5.92 Å². The molecule has 4 aromatic carbocycles. The van der Waals surface area contributed by atoms with Crippen LogP contribution in [0, 0.1) is 5.92 Å². The van der Waals surface area contributed by atoms with Crippen LogP contribution in [0.25, 0.3) is 10.8 Å². The van der Waals surface area contributed by atoms with E-state index in [1.165, 1.54) is 6.07 Å². The number of rotatable bonds is 6. The number of aromatic nitrogens is 1. The van der Waals surface area contributed by atoms with Gasteiger partial charge in [-0.15, -0.1) is 0 Å². The summed E-state index contributed by atoms with van der Waals surface area (Å²) in [5, 5.41) is 4.32. The summed E-state index contributed by atoms with van der Waals surface area (Å²) in [4.78, 5) is 56.1. The lowest BCUT2D eigenvalue weighted by Gasteiger charge is -2.29. The van der Waals surface area contributed by atoms with Crippen molar-refractivity contribution < 1.29 is 32.3 Å². The maximum atomic E-state index is 13.8. The number of hydrogen-bond acceptors (Lipinski definition) is 7. The van der Waals surface area contributed by atoms with Crippen molar-refractivity contribution in [2.75, 3.05) is 16.8 Å². The molecule has 46 heavy (non-hydrogen) atoms. The fourth-order valence-corrected chi connectivity index (χ4v) is 8.35. The molecular weight excluding hydrogens is 640 g/mol. The number of carbonyl (C=O) groups excluding carboxylic acids is 3. The Morgan fingerprint density at radius 1 is 0.891 bits per heavy atom. The molecule has 2 N–H and O–H groups in total. The number of benzene rings is 4. The first-order valence-electron chi connectivity index (χ1n) is 14.0. The average molecular weight is 662 g/mol. The van der Waals surface area contributed by atoms with Gasteiger partial charge in [-0.2, -0.15) is 13.2 Å². The van der Waals surface area contributed by atoms with Gasteiger partial charge in [-0.05, 0) is 58.8 Å². The van der Waals surface area contributed by atoms with Gasteiger partial charge in [-0.1, -0.05) is 71.6 Å². The van der Waals surface area contributed by atoms with E-state index in [2.05, 4.69) is 10.3 Å². The molecule has 1 saturated heterocycles. The molecule has 0 bridgehead atoms. The number of nitrogens with one attached hydrogen (secondary N) is 2. The molecule has 2 unspecified atom stereocenters. The molecule has 3 heterocycles. The van der Waals surface area contributed by atoms with Gasteiger partial charge >= 0.3 is 11.0 Å². The third kappa shape index (κ3) is 5.45. The first kappa shape index (κ1) is 29.8. The number of carbonyl (C=O) groups is 3. The number of thioether (sulfide) groups is 1. The molecule has 8 nitrogen and oxygen atoms in total. The number of nitrogens with zero attached hydrogens (tertiary/aromatic N) is 1. The molecule has 3 amide bonds. The van der Waals surface area contributed by atoms with Crippen LogP contribution in [0.5, 0.6) is 5.75 Å². The zero-order valence-corrected chi connectivity index (χ0v) is 25.2. The van der Waals surface area contributed by atoms with Crippen LogP contribution in [0.2, 0.25) is 0 Å². The SMILES string of the molecule is O=C(COc1ccc([C@H]2c3sc(=O)[nH]c3SC3C(=O)N(c4cccc(C(F)(F)F)c4)C(=O)C32)cc1)Nc1ccc2ccccc2c1. The van der Waals surface area contributed by atoms with Gasteiger partial charge in [0, 0.05) is 16.5 Å². The number of alkyl halides is 3. The van der Waals surface area contributed by atoms with Gasteiger partial charge in [-0.25, -0.2) is 4.90 Å². The van der Waals surface area contributed by atoms with Gasteiger partial charge in [0.25, 0.3) is 5.91 Å². The molecule has 1 aromatic heterocycles. The van der Waals surface area contributed by atoms with Crippen molar-refractivity contribution in [3.8, 4) is 5.75 Å². The number of anilines is 2. The highest BCUT2D eigenvalue weighted by molar-refractivity contribution is 8.00. The summed E-state index contributed by atoms with van der Waals surface area (Å²) >= 11 is 1.95. The summed E-state index contributed by atoms with van der Waals surface area (Å²) in [6.07, 6.45) is -4.66. The van der Waals surface area contributed by atoms with Gasteiger partial charge in [0.05, 0.1) is 22.2 Å². The van der Waals surface area contributed by atoms with E-state index in [1.807, 2.05) is 36.4 Å². The van der Waals surface area contributed by atoms with Crippen molar-refractivity contribution in [1.82, 2.24) is 4.98 Å². The van der Waals surface area contributed by atoms with Crippen LogP contribution in [0.15, 0.2) is 101 Å². The fraction of sp³-hybridized carbons (Fsp3) is 0.152. The highest BCUT2D eigenvalue weighted by atomic mass is 32.2. The van der Waals surface area contributed by atoms with Crippen LogP contribution in [0.3, 0.4) is 0 Å². The molecule has 3 atom stereocenters. The minimum atomic E-state index is -4.66. The lowest BCUT2D eigenvalue weighted by atomic mass is 9.83. The number of fused-ring (bicyclic) bond motifs is 3. The highest BCUT2D eigenvalue weighted by Gasteiger charge is 2.56. The van der Waals surface area contributed by atoms with Crippen LogP contribution < -0.4 is 19.8 Å². The number of imide groups is 1. The topological polar surface area (TPSA) is 109 Å². The number of H-pyrrole nitrogens is 1. The van der Waals surface area contributed by atoms with E-state index in [1.54, 1.807) is 30.3 Å². The summed E-state index contributed by atoms with van der Waals surface area (Å²) in [5.41, 5.74) is 0.0891. The Morgan fingerprint density at radius 3 is 2.41 bits per heavy atom. The smallest absolute Gasteiger partial charge is 0.416 e. The largest absolute Gasteiger partial charge is 0.484 e. The minimum Gasteiger partial charge on any atom is -0.484 e. The molecule has 0 aliphatic carbocycles. The standard InChI is InChI=1S/C33H22F3N3O5S2/c34-33(35,36)20-6-3-7-22(15-20)39-30(41)26-25(27-29(38-32(43)46-27)45-28(26)31(39)42)18-9-12-23(13-10-18)44-16-24(40)37-21-11-8-17-4-1-2-5-19(17)14-21/h1-15,25-26,28H,16H2,(H,37,40)(H,38,43)/t25-,26?,28?/m1/s1. The maximum Gasteiger partial charge on any atom is 0.416 e. The zero-order valence-electron chi connectivity index (χ0n) is 23.5. The Morgan fingerprint density at radius 2 is 1.65 bits per heavy atom. The van der Waals surface area contributed by atoms with Crippen molar-refractivity contribution in [3.05, 3.63) is 117 Å². The van der Waals surface area contributed by atoms with Gasteiger partial charge in [0.1, 0.15) is 11.0 Å². The van der Waals surface area contributed by atoms with Crippen LogP contribution in [0.1, 0.15) is 21.9 Å². The molecule has 5 aromatic rings. The van der Waals surface area contributed by atoms with E-state index >= 15 is 0 Å². The number of hydrogen-bond donors (Lipinski definition) is 2. The number of aromatic amines is 1. The van der Waals surface area contributed by atoms with Crippen molar-refractivity contribution >= 4 is 63.0 Å². The third-order valence-corrected chi connectivity index (χ3v) is 10.3. The molecule has 0 spiro atoms. The van der Waals surface area contributed by atoms with Crippen LogP contribution in [-0.2, 0) is 20.6 Å². The third-order valence-electron chi connectivity index (χ3n) is 7.90. The molecule has 232 valence electrons. The van der Waals surface area contributed by atoms with Crippen molar-refractivity contribution in [1.29, 1.82) is 0 Å². The van der Waals surface area contributed by atoms with Crippen LogP contribution in [0.4, 0.5) is 24.5 Å². The average Bonchev–Trinajstić information content (AvgIpc) is 3.53. The Hall–Kier alpha value is -4.88. The molecule has 0 radical (unpaired) electrons. The first-order chi connectivity index (χ1) is 22.1.